The fourth-order valence-electron chi connectivity index (χ4n) is 1.81. The van der Waals surface area contributed by atoms with E-state index < -0.39 is 0 Å². The third kappa shape index (κ3) is 1.73. The highest BCUT2D eigenvalue weighted by molar-refractivity contribution is 5.97. The highest BCUT2D eigenvalue weighted by Crippen LogP contribution is 2.24. The van der Waals surface area contributed by atoms with Crippen molar-refractivity contribution in [1.82, 2.24) is 9.97 Å². The third-order valence-corrected chi connectivity index (χ3v) is 2.68. The van der Waals surface area contributed by atoms with E-state index in [4.69, 9.17) is 0 Å². The molecule has 74 valence electrons. The van der Waals surface area contributed by atoms with Crippen molar-refractivity contribution in [1.29, 1.82) is 0 Å². The van der Waals surface area contributed by atoms with Crippen LogP contribution < -0.4 is 0 Å². The number of nitrogens with zero attached hydrogens (tertiary/aromatic N) is 1. The molecule has 1 fully saturated rings. The summed E-state index contributed by atoms with van der Waals surface area (Å²) in [4.78, 5) is 29.4. The van der Waals surface area contributed by atoms with Crippen LogP contribution in [0.25, 0.3) is 0 Å². The predicted molar refractivity (Wildman–Crippen MR) is 49.9 cm³/mol. The molecule has 4 nitrogen and oxygen atoms in total. The van der Waals surface area contributed by atoms with Gasteiger partial charge in [-0.05, 0) is 12.8 Å². The van der Waals surface area contributed by atoms with E-state index in [9.17, 15) is 9.59 Å². The Hall–Kier alpha value is -1.45. The molecule has 1 aromatic heterocycles. The standard InChI is InChI=1S/C10H12N2O2/c13-8-3-1-7(2-4-8)10(14)9-5-11-6-12-9/h5-7H,1-4H2,(H,11,12). The molecule has 0 radical (unpaired) electrons. The zero-order valence-corrected chi connectivity index (χ0v) is 7.82. The molecule has 1 aliphatic rings. The molecule has 0 spiro atoms. The lowest BCUT2D eigenvalue weighted by molar-refractivity contribution is -0.120. The number of aromatic nitrogens is 2. The lowest BCUT2D eigenvalue weighted by atomic mass is 9.85. The summed E-state index contributed by atoms with van der Waals surface area (Å²) in [6, 6.07) is 0. The predicted octanol–water partition coefficient (Wildman–Crippen LogP) is 1.35. The molecule has 2 rings (SSSR count). The van der Waals surface area contributed by atoms with Crippen molar-refractivity contribution < 1.29 is 9.59 Å². The van der Waals surface area contributed by atoms with Gasteiger partial charge in [-0.2, -0.15) is 0 Å². The Morgan fingerprint density at radius 1 is 1.43 bits per heavy atom. The number of rotatable bonds is 2. The minimum atomic E-state index is 0.00755. The fourth-order valence-corrected chi connectivity index (χ4v) is 1.81. The smallest absolute Gasteiger partial charge is 0.183 e. The number of H-pyrrole nitrogens is 1. The third-order valence-electron chi connectivity index (χ3n) is 2.68. The molecule has 1 aliphatic carbocycles. The summed E-state index contributed by atoms with van der Waals surface area (Å²) in [5.74, 6) is 0.377. The Kier molecular flexibility index (Phi) is 2.43. The molecule has 0 unspecified atom stereocenters. The highest BCUT2D eigenvalue weighted by Gasteiger charge is 2.26. The number of aromatic amines is 1. The summed E-state index contributed by atoms with van der Waals surface area (Å²) in [7, 11) is 0. The van der Waals surface area contributed by atoms with Gasteiger partial charge in [-0.3, -0.25) is 9.59 Å². The number of hydrogen-bond donors (Lipinski definition) is 1. The van der Waals surface area contributed by atoms with Crippen molar-refractivity contribution in [3.05, 3.63) is 18.2 Å². The van der Waals surface area contributed by atoms with Gasteiger partial charge >= 0.3 is 0 Å². The van der Waals surface area contributed by atoms with E-state index in [0.717, 1.165) is 0 Å². The van der Waals surface area contributed by atoms with Crippen LogP contribution in [0.15, 0.2) is 12.5 Å². The maximum Gasteiger partial charge on any atom is 0.183 e. The molecule has 0 atom stereocenters. The Morgan fingerprint density at radius 3 is 2.71 bits per heavy atom. The molecule has 0 amide bonds. The number of imidazole rings is 1. The number of carbonyl (C=O) groups excluding carboxylic acids is 2. The quantitative estimate of drug-likeness (QED) is 0.719. The summed E-state index contributed by atoms with van der Waals surface area (Å²) in [6.07, 6.45) is 5.52. The first-order chi connectivity index (χ1) is 6.77. The zero-order valence-electron chi connectivity index (χ0n) is 7.82. The first-order valence-electron chi connectivity index (χ1n) is 4.81. The van der Waals surface area contributed by atoms with E-state index in [1.165, 1.54) is 6.33 Å². The minimum absolute atomic E-state index is 0.00755. The van der Waals surface area contributed by atoms with Gasteiger partial charge in [-0.1, -0.05) is 0 Å². The van der Waals surface area contributed by atoms with Gasteiger partial charge in [0, 0.05) is 18.8 Å². The van der Waals surface area contributed by atoms with E-state index in [-0.39, 0.29) is 17.5 Å². The van der Waals surface area contributed by atoms with Crippen molar-refractivity contribution in [2.24, 2.45) is 5.92 Å². The van der Waals surface area contributed by atoms with Crippen LogP contribution in [0.3, 0.4) is 0 Å². The first-order valence-corrected chi connectivity index (χ1v) is 4.81. The number of Topliss-reactive ketones (excluding diaryl/α,β-unsaturated/α-hetero) is 2. The molecule has 1 aromatic rings. The zero-order chi connectivity index (χ0) is 9.97. The summed E-state index contributed by atoms with van der Waals surface area (Å²) < 4.78 is 0. The van der Waals surface area contributed by atoms with Crippen molar-refractivity contribution in [3.8, 4) is 0 Å². The van der Waals surface area contributed by atoms with Gasteiger partial charge < -0.3 is 4.98 Å². The molecular formula is C10H12N2O2. The number of carbonyl (C=O) groups is 2. The first kappa shape index (κ1) is 9.12. The molecule has 1 N–H and O–H groups in total. The lowest BCUT2D eigenvalue weighted by Crippen LogP contribution is -2.22. The molecule has 0 saturated heterocycles. The normalized spacial score (nSPS) is 18.4. The van der Waals surface area contributed by atoms with Gasteiger partial charge in [0.1, 0.15) is 11.5 Å². The average molecular weight is 192 g/mol. The van der Waals surface area contributed by atoms with Crippen LogP contribution in [0.2, 0.25) is 0 Å². The maximum absolute atomic E-state index is 11.8. The van der Waals surface area contributed by atoms with Gasteiger partial charge in [0.25, 0.3) is 0 Å². The van der Waals surface area contributed by atoms with E-state index in [1.807, 2.05) is 0 Å². The molecule has 1 heterocycles. The largest absolute Gasteiger partial charge is 0.342 e. The highest BCUT2D eigenvalue weighted by atomic mass is 16.1. The maximum atomic E-state index is 11.8. The molecule has 14 heavy (non-hydrogen) atoms. The van der Waals surface area contributed by atoms with Gasteiger partial charge in [-0.15, -0.1) is 0 Å². The Labute approximate surface area is 81.7 Å². The summed E-state index contributed by atoms with van der Waals surface area (Å²) in [5, 5.41) is 0. The van der Waals surface area contributed by atoms with E-state index in [0.29, 0.717) is 31.4 Å². The number of nitrogens with one attached hydrogen (secondary N) is 1. The van der Waals surface area contributed by atoms with Gasteiger partial charge in [0.15, 0.2) is 5.78 Å². The monoisotopic (exact) mass is 192 g/mol. The van der Waals surface area contributed by atoms with Crippen LogP contribution in [-0.4, -0.2) is 21.5 Å². The average Bonchev–Trinajstić information content (AvgIpc) is 2.71. The van der Waals surface area contributed by atoms with Crippen LogP contribution in [0.4, 0.5) is 0 Å². The fraction of sp³-hybridized carbons (Fsp3) is 0.500. The van der Waals surface area contributed by atoms with Crippen LogP contribution in [0.1, 0.15) is 36.2 Å². The Balaban J connectivity index is 2.03. The van der Waals surface area contributed by atoms with Gasteiger partial charge in [0.2, 0.25) is 0 Å². The van der Waals surface area contributed by atoms with Crippen LogP contribution >= 0.6 is 0 Å². The Morgan fingerprint density at radius 2 is 2.14 bits per heavy atom. The number of hydrogen-bond acceptors (Lipinski definition) is 3. The molecular weight excluding hydrogens is 180 g/mol. The topological polar surface area (TPSA) is 62.8 Å². The molecule has 0 aliphatic heterocycles. The SMILES string of the molecule is O=C1CCC(C(=O)c2cnc[nH]2)CC1. The van der Waals surface area contributed by atoms with Crippen molar-refractivity contribution in [2.45, 2.75) is 25.7 Å². The molecule has 0 bridgehead atoms. The second kappa shape index (κ2) is 3.74. The van der Waals surface area contributed by atoms with Crippen molar-refractivity contribution >= 4 is 11.6 Å². The minimum Gasteiger partial charge on any atom is -0.342 e. The second-order valence-corrected chi connectivity index (χ2v) is 3.64. The molecule has 1 saturated carbocycles. The van der Waals surface area contributed by atoms with E-state index in [2.05, 4.69) is 9.97 Å². The molecule has 0 aromatic carbocycles. The Bertz CT molecular complexity index is 333. The van der Waals surface area contributed by atoms with E-state index in [1.54, 1.807) is 6.20 Å². The van der Waals surface area contributed by atoms with Crippen molar-refractivity contribution in [2.75, 3.05) is 0 Å². The van der Waals surface area contributed by atoms with Gasteiger partial charge in [0.05, 0.1) is 12.5 Å². The van der Waals surface area contributed by atoms with Gasteiger partial charge in [-0.25, -0.2) is 4.98 Å². The lowest BCUT2D eigenvalue weighted by Gasteiger charge is -2.18. The second-order valence-electron chi connectivity index (χ2n) is 3.64. The van der Waals surface area contributed by atoms with Crippen LogP contribution in [-0.2, 0) is 4.79 Å². The molecule has 4 heteroatoms. The van der Waals surface area contributed by atoms with E-state index >= 15 is 0 Å². The summed E-state index contributed by atoms with van der Waals surface area (Å²) >= 11 is 0. The van der Waals surface area contributed by atoms with Crippen molar-refractivity contribution in [3.63, 3.8) is 0 Å². The van der Waals surface area contributed by atoms with Crippen LogP contribution in [0.5, 0.6) is 0 Å². The summed E-state index contributed by atoms with van der Waals surface area (Å²) in [5.41, 5.74) is 0.560. The number of ketones is 2. The van der Waals surface area contributed by atoms with Crippen LogP contribution in [0, 0.1) is 5.92 Å². The summed E-state index contributed by atoms with van der Waals surface area (Å²) in [6.45, 7) is 0.